The van der Waals surface area contributed by atoms with Crippen LogP contribution in [0.4, 0.5) is 29.0 Å². The summed E-state index contributed by atoms with van der Waals surface area (Å²) in [6, 6.07) is 24.1. The zero-order valence-electron chi connectivity index (χ0n) is 25.0. The average molecular weight is 605 g/mol. The van der Waals surface area contributed by atoms with Crippen molar-refractivity contribution in [1.29, 1.82) is 0 Å². The number of nitrogens with one attached hydrogen (secondary N) is 3. The van der Waals surface area contributed by atoms with E-state index in [9.17, 15) is 4.79 Å². The van der Waals surface area contributed by atoms with Gasteiger partial charge in [0, 0.05) is 54.7 Å². The largest absolute Gasteiger partial charge is 0.491 e. The van der Waals surface area contributed by atoms with Crippen LogP contribution < -0.4 is 20.7 Å². The van der Waals surface area contributed by atoms with Gasteiger partial charge in [0.2, 0.25) is 17.8 Å². The van der Waals surface area contributed by atoms with Crippen LogP contribution in [0.3, 0.4) is 0 Å². The monoisotopic (exact) mass is 604 g/mol. The van der Waals surface area contributed by atoms with E-state index in [1.54, 1.807) is 6.07 Å². The Morgan fingerprint density at radius 3 is 2.49 bits per heavy atom. The van der Waals surface area contributed by atoms with Crippen molar-refractivity contribution in [2.24, 2.45) is 0 Å². The first-order chi connectivity index (χ1) is 22.1. The van der Waals surface area contributed by atoms with Crippen LogP contribution in [-0.2, 0) is 16.1 Å². The molecule has 3 aromatic carbocycles. The first-order valence-electron chi connectivity index (χ1n) is 15.0. The van der Waals surface area contributed by atoms with Crippen LogP contribution in [0, 0.1) is 0 Å². The predicted molar refractivity (Wildman–Crippen MR) is 177 cm³/mol. The Balaban J connectivity index is 1.10. The summed E-state index contributed by atoms with van der Waals surface area (Å²) in [7, 11) is 0. The fraction of sp³-hybridized carbons (Fsp3) is 0.235. The Morgan fingerprint density at radius 2 is 1.71 bits per heavy atom. The van der Waals surface area contributed by atoms with E-state index in [0.29, 0.717) is 35.6 Å². The molecule has 1 saturated heterocycles. The zero-order valence-corrected chi connectivity index (χ0v) is 25.0. The zero-order chi connectivity index (χ0) is 30.8. The third-order valence-electron chi connectivity index (χ3n) is 7.45. The second-order valence-electron chi connectivity index (χ2n) is 10.6. The minimum Gasteiger partial charge on any atom is -0.491 e. The van der Waals surface area contributed by atoms with Crippen molar-refractivity contribution in [3.63, 3.8) is 0 Å². The molecule has 1 fully saturated rings. The van der Waals surface area contributed by atoms with Crippen molar-refractivity contribution in [3.05, 3.63) is 104 Å². The Morgan fingerprint density at radius 1 is 0.956 bits per heavy atom. The number of hydrogen-bond donors (Lipinski definition) is 3. The maximum Gasteiger partial charge on any atom is 0.247 e. The molecule has 1 aliphatic heterocycles. The number of fused-ring (bicyclic) bond motifs is 1. The summed E-state index contributed by atoms with van der Waals surface area (Å²) in [5, 5.41) is 10.4. The molecule has 45 heavy (non-hydrogen) atoms. The van der Waals surface area contributed by atoms with Crippen LogP contribution in [0.2, 0.25) is 0 Å². The van der Waals surface area contributed by atoms with Gasteiger partial charge in [-0.2, -0.15) is 4.98 Å². The molecule has 1 amide bonds. The van der Waals surface area contributed by atoms with Gasteiger partial charge in [-0.3, -0.25) is 9.69 Å². The number of rotatable bonds is 13. The molecule has 0 atom stereocenters. The summed E-state index contributed by atoms with van der Waals surface area (Å²) >= 11 is 0. The fourth-order valence-electron chi connectivity index (χ4n) is 5.18. The smallest absolute Gasteiger partial charge is 0.247 e. The van der Waals surface area contributed by atoms with Gasteiger partial charge in [0.15, 0.2) is 0 Å². The molecule has 0 saturated carbocycles. The first kappa shape index (κ1) is 29.8. The van der Waals surface area contributed by atoms with Crippen LogP contribution >= 0.6 is 0 Å². The van der Waals surface area contributed by atoms with E-state index in [1.165, 1.54) is 18.0 Å². The minimum absolute atomic E-state index is 0.329. The van der Waals surface area contributed by atoms with Gasteiger partial charge in [0.1, 0.15) is 12.1 Å². The minimum atomic E-state index is -0.329. The van der Waals surface area contributed by atoms with E-state index >= 15 is 0 Å². The lowest BCUT2D eigenvalue weighted by atomic mass is 10.2. The molecule has 0 radical (unpaired) electrons. The van der Waals surface area contributed by atoms with E-state index in [0.717, 1.165) is 62.4 Å². The molecule has 11 nitrogen and oxygen atoms in total. The number of aromatic nitrogens is 4. The third-order valence-corrected chi connectivity index (χ3v) is 7.45. The highest BCUT2D eigenvalue weighted by Gasteiger charge is 2.12. The number of hydrogen-bond acceptors (Lipinski definition) is 9. The Labute approximate surface area is 261 Å². The average Bonchev–Trinajstić information content (AvgIpc) is 3.46. The molecule has 230 valence electrons. The summed E-state index contributed by atoms with van der Waals surface area (Å²) in [6.45, 7) is 9.24. The summed E-state index contributed by atoms with van der Waals surface area (Å²) < 4.78 is 13.7. The highest BCUT2D eigenvalue weighted by Crippen LogP contribution is 2.30. The second-order valence-corrected chi connectivity index (χ2v) is 10.6. The summed E-state index contributed by atoms with van der Waals surface area (Å²) in [6.07, 6.45) is 5.63. The van der Waals surface area contributed by atoms with E-state index < -0.39 is 0 Å². The summed E-state index contributed by atoms with van der Waals surface area (Å²) in [5.41, 5.74) is 4.46. The van der Waals surface area contributed by atoms with Crippen LogP contribution in [0.1, 0.15) is 12.0 Å². The maximum atomic E-state index is 12.2. The number of carbonyl (C=O) groups excluding carboxylic acids is 1. The van der Waals surface area contributed by atoms with Crippen molar-refractivity contribution >= 4 is 45.8 Å². The molecule has 3 N–H and O–H groups in total. The highest BCUT2D eigenvalue weighted by molar-refractivity contribution is 6.00. The van der Waals surface area contributed by atoms with Gasteiger partial charge in [-0.05, 0) is 60.5 Å². The number of carbonyl (C=O) groups is 1. The van der Waals surface area contributed by atoms with Gasteiger partial charge in [0.25, 0.3) is 0 Å². The number of ether oxygens (including phenoxy) is 2. The van der Waals surface area contributed by atoms with E-state index in [2.05, 4.69) is 95.6 Å². The highest BCUT2D eigenvalue weighted by atomic mass is 16.5. The van der Waals surface area contributed by atoms with E-state index in [1.807, 2.05) is 24.3 Å². The van der Waals surface area contributed by atoms with Crippen molar-refractivity contribution in [2.75, 3.05) is 55.4 Å². The SMILES string of the molecule is C=CC(=O)Nc1cc(Nc2ncnc(Nc3ccc4c(ccn4Cc4ccccc4)c3)n2)ccc1OCCCN1CCOCC1. The second kappa shape index (κ2) is 14.5. The maximum absolute atomic E-state index is 12.2. The third kappa shape index (κ3) is 8.02. The lowest BCUT2D eigenvalue weighted by Crippen LogP contribution is -2.37. The topological polar surface area (TPSA) is 118 Å². The van der Waals surface area contributed by atoms with Gasteiger partial charge < -0.3 is 30.0 Å². The normalized spacial score (nSPS) is 13.3. The van der Waals surface area contributed by atoms with Gasteiger partial charge >= 0.3 is 0 Å². The molecule has 1 aliphatic rings. The van der Waals surface area contributed by atoms with Gasteiger partial charge in [-0.15, -0.1) is 0 Å². The number of nitrogens with zero attached hydrogens (tertiary/aromatic N) is 5. The molecule has 0 spiro atoms. The van der Waals surface area contributed by atoms with Gasteiger partial charge in [-0.1, -0.05) is 36.9 Å². The molecule has 5 aromatic rings. The van der Waals surface area contributed by atoms with Crippen LogP contribution in [0.15, 0.2) is 98.0 Å². The summed E-state index contributed by atoms with van der Waals surface area (Å²) in [5.74, 6) is 0.992. The molecule has 0 aliphatic carbocycles. The molecule has 11 heteroatoms. The van der Waals surface area contributed by atoms with Crippen LogP contribution in [0.25, 0.3) is 10.9 Å². The number of amides is 1. The molecule has 3 heterocycles. The predicted octanol–water partition coefficient (Wildman–Crippen LogP) is 5.59. The van der Waals surface area contributed by atoms with Crippen LogP contribution in [-0.4, -0.2) is 69.8 Å². The van der Waals surface area contributed by atoms with Crippen molar-refractivity contribution in [1.82, 2.24) is 24.4 Å². The fourth-order valence-corrected chi connectivity index (χ4v) is 5.18. The molecule has 0 unspecified atom stereocenters. The molecule has 2 aromatic heterocycles. The van der Waals surface area contributed by atoms with Crippen molar-refractivity contribution < 1.29 is 14.3 Å². The standard InChI is InChI=1S/C34H36N8O3/c1-2-32(43)39-29-22-28(10-12-31(29)45-18-6-14-41-16-19-44-20-17-41)38-34-36-24-35-33(40-34)37-27-9-11-30-26(21-27)13-15-42(30)23-25-7-4-3-5-8-25/h2-5,7-13,15,21-22,24H,1,6,14,16-20,23H2,(H,39,43)(H2,35,36,37,38,40). The Bertz CT molecular complexity index is 1750. The Kier molecular flexibility index (Phi) is 9.58. The van der Waals surface area contributed by atoms with Crippen LogP contribution in [0.5, 0.6) is 5.75 Å². The van der Waals surface area contributed by atoms with Gasteiger partial charge in [-0.25, -0.2) is 9.97 Å². The number of benzene rings is 3. The first-order valence-corrected chi connectivity index (χ1v) is 15.0. The van der Waals surface area contributed by atoms with E-state index in [-0.39, 0.29) is 5.91 Å². The summed E-state index contributed by atoms with van der Waals surface area (Å²) in [4.78, 5) is 27.6. The quantitative estimate of drug-likeness (QED) is 0.117. The lowest BCUT2D eigenvalue weighted by molar-refractivity contribution is -0.111. The molecule has 6 rings (SSSR count). The number of morpholine rings is 1. The molecule has 0 bridgehead atoms. The van der Waals surface area contributed by atoms with Crippen molar-refractivity contribution in [3.8, 4) is 5.75 Å². The van der Waals surface area contributed by atoms with Gasteiger partial charge in [0.05, 0.1) is 25.5 Å². The molecular weight excluding hydrogens is 568 g/mol. The van der Waals surface area contributed by atoms with E-state index in [4.69, 9.17) is 9.47 Å². The number of anilines is 5. The molecular formula is C34H36N8O3. The Hall–Kier alpha value is -5.26. The van der Waals surface area contributed by atoms with Crippen molar-refractivity contribution in [2.45, 2.75) is 13.0 Å². The lowest BCUT2D eigenvalue weighted by Gasteiger charge is -2.26.